The normalized spacial score (nSPS) is 10.7. The van der Waals surface area contributed by atoms with Crippen molar-refractivity contribution in [2.75, 3.05) is 0 Å². The van der Waals surface area contributed by atoms with Crippen LogP contribution in [0.5, 0.6) is 0 Å². The Labute approximate surface area is 128 Å². The molecule has 0 unspecified atom stereocenters. The summed E-state index contributed by atoms with van der Waals surface area (Å²) < 4.78 is 4.56. The van der Waals surface area contributed by atoms with Gasteiger partial charge >= 0.3 is 128 Å². The molecular weight excluding hydrogens is 350 g/mol. The second kappa shape index (κ2) is 6.29. The van der Waals surface area contributed by atoms with Crippen LogP contribution in [0.4, 0.5) is 0 Å². The Bertz CT molecular complexity index is 618. The molecule has 1 heteroatoms. The molecule has 0 saturated heterocycles. The van der Waals surface area contributed by atoms with E-state index in [0.29, 0.717) is 0 Å². The van der Waals surface area contributed by atoms with Gasteiger partial charge in [0, 0.05) is 0 Å². The average Bonchev–Trinajstić information content (AvgIpc) is 2.52. The van der Waals surface area contributed by atoms with Gasteiger partial charge in [-0.05, 0) is 0 Å². The Balaban J connectivity index is 2.11. The summed E-state index contributed by atoms with van der Waals surface area (Å²) in [7, 11) is 0. The van der Waals surface area contributed by atoms with Crippen molar-refractivity contribution in [3.8, 4) is 0 Å². The van der Waals surface area contributed by atoms with Crippen LogP contribution in [0.1, 0.15) is 5.56 Å². The molecule has 0 heterocycles. The van der Waals surface area contributed by atoms with Crippen LogP contribution in [0.15, 0.2) is 84.9 Å². The van der Waals surface area contributed by atoms with Gasteiger partial charge in [-0.1, -0.05) is 0 Å². The fraction of sp³-hybridized carbons (Fsp3) is 0.0526. The molecule has 3 aromatic carbocycles. The van der Waals surface area contributed by atoms with E-state index >= 15 is 0 Å². The predicted octanol–water partition coefficient (Wildman–Crippen LogP) is 2.51. The summed E-state index contributed by atoms with van der Waals surface area (Å²) in [5.41, 5.74) is 1.33. The van der Waals surface area contributed by atoms with Crippen LogP contribution in [-0.4, -0.2) is 20.2 Å². The van der Waals surface area contributed by atoms with Crippen molar-refractivity contribution in [3.63, 3.8) is 0 Å². The van der Waals surface area contributed by atoms with Gasteiger partial charge in [0.25, 0.3) is 0 Å². The Kier molecular flexibility index (Phi) is 4.23. The molecule has 0 radical (unpaired) electrons. The fourth-order valence-corrected chi connectivity index (χ4v) is 8.81. The molecule has 0 amide bonds. The summed E-state index contributed by atoms with van der Waals surface area (Å²) in [6.07, 6.45) is 0. The molecule has 0 nitrogen and oxygen atoms in total. The first-order chi connectivity index (χ1) is 9.84. The van der Waals surface area contributed by atoms with E-state index in [-0.39, 0.29) is 0 Å². The van der Waals surface area contributed by atoms with Crippen molar-refractivity contribution >= 4 is 30.7 Å². The zero-order chi connectivity index (χ0) is 13.8. The van der Waals surface area contributed by atoms with Crippen molar-refractivity contribution in [2.45, 2.75) is 6.92 Å². The number of aryl methyl sites for hydroxylation is 1. The summed E-state index contributed by atoms with van der Waals surface area (Å²) in [4.78, 5) is 0. The van der Waals surface area contributed by atoms with Crippen molar-refractivity contribution in [1.82, 2.24) is 0 Å². The van der Waals surface area contributed by atoms with E-state index in [0.717, 1.165) is 0 Å². The van der Waals surface area contributed by atoms with Crippen LogP contribution in [0.25, 0.3) is 0 Å². The zero-order valence-electron chi connectivity index (χ0n) is 11.5. The molecule has 0 bridgehead atoms. The summed E-state index contributed by atoms with van der Waals surface area (Å²) in [6.45, 7) is 2.15. The van der Waals surface area contributed by atoms with Gasteiger partial charge in [-0.15, -0.1) is 0 Å². The summed E-state index contributed by atoms with van der Waals surface area (Å²) in [6, 6.07) is 31.1. The first-order valence-electron chi connectivity index (χ1n) is 6.81. The molecule has 3 rings (SSSR count). The molecule has 98 valence electrons. The minimum absolute atomic E-state index is 1.33. The molecule has 20 heavy (non-hydrogen) atoms. The molecular formula is C19H17Sb. The monoisotopic (exact) mass is 366 g/mol. The summed E-state index contributed by atoms with van der Waals surface area (Å²) >= 11 is -1.85. The van der Waals surface area contributed by atoms with Gasteiger partial charge in [0.15, 0.2) is 0 Å². The van der Waals surface area contributed by atoms with Gasteiger partial charge in [-0.2, -0.15) is 0 Å². The number of hydrogen-bond donors (Lipinski definition) is 0. The molecule has 3 aromatic rings. The van der Waals surface area contributed by atoms with Crippen molar-refractivity contribution in [3.05, 3.63) is 90.5 Å². The second-order valence-electron chi connectivity index (χ2n) is 4.84. The SMILES string of the molecule is Cc1cc[c]([Sb]([c]2ccccc2)[c]2ccccc2)cc1. The Morgan fingerprint density at radius 1 is 0.500 bits per heavy atom. The van der Waals surface area contributed by atoms with Gasteiger partial charge in [0.1, 0.15) is 0 Å². The van der Waals surface area contributed by atoms with E-state index in [1.165, 1.54) is 16.1 Å². The third-order valence-corrected chi connectivity index (χ3v) is 10.3. The van der Waals surface area contributed by atoms with E-state index in [9.17, 15) is 0 Å². The van der Waals surface area contributed by atoms with Gasteiger partial charge in [-0.25, -0.2) is 0 Å². The molecule has 0 aromatic heterocycles. The molecule has 0 aliphatic rings. The predicted molar refractivity (Wildman–Crippen MR) is 88.7 cm³/mol. The van der Waals surface area contributed by atoms with Crippen molar-refractivity contribution in [1.29, 1.82) is 0 Å². The van der Waals surface area contributed by atoms with E-state index in [4.69, 9.17) is 0 Å². The van der Waals surface area contributed by atoms with Gasteiger partial charge in [-0.3, -0.25) is 0 Å². The van der Waals surface area contributed by atoms with Crippen LogP contribution < -0.4 is 10.5 Å². The number of rotatable bonds is 3. The molecule has 0 atom stereocenters. The second-order valence-corrected chi connectivity index (χ2v) is 11.2. The van der Waals surface area contributed by atoms with E-state index in [1.807, 2.05) is 0 Å². The maximum atomic E-state index is 2.32. The van der Waals surface area contributed by atoms with Crippen molar-refractivity contribution < 1.29 is 0 Å². The molecule has 0 saturated carbocycles. The van der Waals surface area contributed by atoms with Crippen LogP contribution in [0, 0.1) is 6.92 Å². The quantitative estimate of drug-likeness (QED) is 0.625. The average molecular weight is 367 g/mol. The third-order valence-electron chi connectivity index (χ3n) is 3.32. The molecule has 0 N–H and O–H groups in total. The standard InChI is InChI=1S/C7H7.2C6H5.Sb/c1-7-5-3-2-4-6-7;2*1-2-4-6-5-3-1;/h3-6H,1H3;2*1-5H;. The zero-order valence-corrected chi connectivity index (χ0v) is 14.1. The molecule has 0 fully saturated rings. The fourth-order valence-electron chi connectivity index (χ4n) is 2.30. The van der Waals surface area contributed by atoms with Gasteiger partial charge in [0.2, 0.25) is 0 Å². The number of hydrogen-bond acceptors (Lipinski definition) is 0. The summed E-state index contributed by atoms with van der Waals surface area (Å²) in [5.74, 6) is 0. The Hall–Kier alpha value is -1.52. The third kappa shape index (κ3) is 2.97. The molecule has 0 aliphatic heterocycles. The van der Waals surface area contributed by atoms with Gasteiger partial charge < -0.3 is 0 Å². The van der Waals surface area contributed by atoms with Crippen LogP contribution in [0.3, 0.4) is 0 Å². The van der Waals surface area contributed by atoms with Gasteiger partial charge in [0.05, 0.1) is 0 Å². The van der Waals surface area contributed by atoms with E-state index in [1.54, 1.807) is 0 Å². The van der Waals surface area contributed by atoms with E-state index in [2.05, 4.69) is 91.9 Å². The van der Waals surface area contributed by atoms with Crippen LogP contribution >= 0.6 is 0 Å². The number of benzene rings is 3. The Morgan fingerprint density at radius 2 is 0.900 bits per heavy atom. The Morgan fingerprint density at radius 3 is 1.35 bits per heavy atom. The molecule has 0 aliphatic carbocycles. The minimum atomic E-state index is -1.85. The topological polar surface area (TPSA) is 0 Å². The van der Waals surface area contributed by atoms with E-state index < -0.39 is 20.2 Å². The summed E-state index contributed by atoms with van der Waals surface area (Å²) in [5, 5.41) is 0. The molecule has 0 spiro atoms. The maximum absolute atomic E-state index is 2.32. The first-order valence-corrected chi connectivity index (χ1v) is 10.6. The van der Waals surface area contributed by atoms with Crippen molar-refractivity contribution in [2.24, 2.45) is 0 Å². The van der Waals surface area contributed by atoms with Crippen LogP contribution in [-0.2, 0) is 0 Å². The van der Waals surface area contributed by atoms with Crippen LogP contribution in [0.2, 0.25) is 0 Å². The first kappa shape index (κ1) is 13.5.